The Balaban J connectivity index is 1.79. The first-order valence-electron chi connectivity index (χ1n) is 11.5. The maximum atomic E-state index is 13.8. The van der Waals surface area contributed by atoms with Crippen molar-refractivity contribution in [3.05, 3.63) is 90.0 Å². The van der Waals surface area contributed by atoms with Crippen molar-refractivity contribution in [2.75, 3.05) is 7.11 Å². The molecule has 6 nitrogen and oxygen atoms in total. The maximum Gasteiger partial charge on any atom is 0.333 e. The lowest BCUT2D eigenvalue weighted by Crippen LogP contribution is -2.42. The van der Waals surface area contributed by atoms with Crippen LogP contribution in [0.3, 0.4) is 0 Å². The maximum absolute atomic E-state index is 13.8. The third-order valence-electron chi connectivity index (χ3n) is 6.69. The van der Waals surface area contributed by atoms with Gasteiger partial charge in [-0.1, -0.05) is 74.5 Å². The largest absolute Gasteiger partial charge is 0.466 e. The normalized spacial score (nSPS) is 17.3. The minimum atomic E-state index is -3.93. The van der Waals surface area contributed by atoms with Crippen molar-refractivity contribution in [3.63, 3.8) is 0 Å². The van der Waals surface area contributed by atoms with Crippen molar-refractivity contribution in [2.24, 2.45) is 10.5 Å². The molecule has 0 saturated carbocycles. The van der Waals surface area contributed by atoms with E-state index < -0.39 is 27.4 Å². The number of carbonyl (C=O) groups excluding carboxylic acids is 1. The molecular formula is C28H30N2O4S. The smallest absolute Gasteiger partial charge is 0.333 e. The summed E-state index contributed by atoms with van der Waals surface area (Å²) in [6, 6.07) is 20.3. The van der Waals surface area contributed by atoms with Gasteiger partial charge in [-0.25, -0.2) is 4.79 Å². The number of esters is 1. The highest BCUT2D eigenvalue weighted by Gasteiger charge is 2.49. The molecule has 0 unspecified atom stereocenters. The molecule has 1 atom stereocenters. The molecule has 35 heavy (non-hydrogen) atoms. The summed E-state index contributed by atoms with van der Waals surface area (Å²) >= 11 is 0. The van der Waals surface area contributed by atoms with E-state index in [9.17, 15) is 13.2 Å². The second kappa shape index (κ2) is 9.30. The van der Waals surface area contributed by atoms with Crippen molar-refractivity contribution in [3.8, 4) is 0 Å². The number of hydrazone groups is 1. The van der Waals surface area contributed by atoms with Crippen LogP contribution in [-0.4, -0.2) is 37.7 Å². The Kier molecular flexibility index (Phi) is 6.56. The summed E-state index contributed by atoms with van der Waals surface area (Å²) in [5.74, 6) is -0.496. The van der Waals surface area contributed by atoms with Gasteiger partial charge in [0.2, 0.25) is 0 Å². The zero-order valence-electron chi connectivity index (χ0n) is 20.5. The van der Waals surface area contributed by atoms with Crippen molar-refractivity contribution in [1.29, 1.82) is 0 Å². The van der Waals surface area contributed by atoms with E-state index in [0.29, 0.717) is 24.1 Å². The van der Waals surface area contributed by atoms with Gasteiger partial charge >= 0.3 is 5.97 Å². The van der Waals surface area contributed by atoms with E-state index in [1.54, 1.807) is 24.3 Å². The fourth-order valence-electron chi connectivity index (χ4n) is 4.57. The molecule has 1 heterocycles. The summed E-state index contributed by atoms with van der Waals surface area (Å²) in [4.78, 5) is 12.1. The standard InChI is InChI=1S/C28H30N2O4S/c1-19-10-15-24(16-11-19)35(32,33)30-25(17-12-20(2)27(31)34-5)28(3,4)26(29-30)23-14-13-21-8-6-7-9-22(21)18-23/h6-11,13-16,18,25H,2,12,17H2,1,3-5H3/t25-/m0/s1. The number of fused-ring (bicyclic) bond motifs is 1. The first-order chi connectivity index (χ1) is 16.6. The SMILES string of the molecule is C=C(CC[C@@H]1N(S(=O)(=O)c2ccc(C)cc2)N=C(c2ccc3ccccc3c2)C1(C)C)C(=O)OC. The number of hydrogen-bond donors (Lipinski definition) is 0. The lowest BCUT2D eigenvalue weighted by molar-refractivity contribution is -0.136. The van der Waals surface area contributed by atoms with E-state index in [2.05, 4.69) is 6.58 Å². The molecule has 1 aliphatic heterocycles. The lowest BCUT2D eigenvalue weighted by Gasteiger charge is -2.32. The topological polar surface area (TPSA) is 76.0 Å². The van der Waals surface area contributed by atoms with E-state index in [4.69, 9.17) is 9.84 Å². The van der Waals surface area contributed by atoms with Gasteiger partial charge in [0.05, 0.1) is 23.8 Å². The Labute approximate surface area is 207 Å². The molecule has 0 bridgehead atoms. The summed E-state index contributed by atoms with van der Waals surface area (Å²) in [5, 5.41) is 6.88. The van der Waals surface area contributed by atoms with E-state index >= 15 is 0 Å². The molecule has 7 heteroatoms. The molecule has 0 aliphatic carbocycles. The number of carbonyl (C=O) groups is 1. The van der Waals surface area contributed by atoms with Gasteiger partial charge in [0.1, 0.15) is 0 Å². The molecule has 1 aliphatic rings. The summed E-state index contributed by atoms with van der Waals surface area (Å²) < 4.78 is 33.6. The molecule has 182 valence electrons. The molecule has 0 spiro atoms. The van der Waals surface area contributed by atoms with Crippen LogP contribution in [0.1, 0.15) is 37.8 Å². The summed E-state index contributed by atoms with van der Waals surface area (Å²) in [7, 11) is -2.63. The van der Waals surface area contributed by atoms with E-state index in [1.165, 1.54) is 11.5 Å². The molecule has 0 saturated heterocycles. The van der Waals surface area contributed by atoms with Gasteiger partial charge in [-0.2, -0.15) is 17.9 Å². The van der Waals surface area contributed by atoms with Gasteiger partial charge < -0.3 is 4.74 Å². The number of hydrogen-bond acceptors (Lipinski definition) is 5. The molecule has 0 N–H and O–H groups in total. The van der Waals surface area contributed by atoms with Crippen LogP contribution in [-0.2, 0) is 19.6 Å². The van der Waals surface area contributed by atoms with Crippen LogP contribution in [0.2, 0.25) is 0 Å². The van der Waals surface area contributed by atoms with E-state index in [1.807, 2.05) is 63.2 Å². The van der Waals surface area contributed by atoms with Gasteiger partial charge in [0.15, 0.2) is 0 Å². The Morgan fingerprint density at radius 2 is 1.71 bits per heavy atom. The molecule has 3 aromatic carbocycles. The van der Waals surface area contributed by atoms with E-state index in [0.717, 1.165) is 21.9 Å². The Morgan fingerprint density at radius 1 is 1.06 bits per heavy atom. The highest BCUT2D eigenvalue weighted by molar-refractivity contribution is 7.89. The molecule has 0 amide bonds. The number of ether oxygens (including phenoxy) is 1. The second-order valence-corrected chi connectivity index (χ2v) is 11.3. The number of aryl methyl sites for hydroxylation is 1. The lowest BCUT2D eigenvalue weighted by atomic mass is 9.76. The predicted octanol–water partition coefficient (Wildman–Crippen LogP) is 5.46. The number of methoxy groups -OCH3 is 1. The number of benzene rings is 3. The van der Waals surface area contributed by atoms with Gasteiger partial charge in [-0.3, -0.25) is 0 Å². The van der Waals surface area contributed by atoms with Crippen LogP contribution in [0.4, 0.5) is 0 Å². The van der Waals surface area contributed by atoms with Gasteiger partial charge in [-0.05, 0) is 54.3 Å². The molecule has 0 aromatic heterocycles. The zero-order valence-corrected chi connectivity index (χ0v) is 21.3. The average molecular weight is 491 g/mol. The Hall–Kier alpha value is -3.45. The quantitative estimate of drug-likeness (QED) is 0.325. The third kappa shape index (κ3) is 4.60. The molecule has 0 fully saturated rings. The molecule has 3 aromatic rings. The minimum absolute atomic E-state index is 0.180. The van der Waals surface area contributed by atoms with Crippen LogP contribution in [0, 0.1) is 12.3 Å². The van der Waals surface area contributed by atoms with Crippen molar-refractivity contribution >= 4 is 32.5 Å². The first-order valence-corrected chi connectivity index (χ1v) is 12.9. The van der Waals surface area contributed by atoms with Gasteiger partial charge in [0, 0.05) is 11.0 Å². The van der Waals surface area contributed by atoms with Crippen molar-refractivity contribution in [2.45, 2.75) is 44.6 Å². The molecular weight excluding hydrogens is 460 g/mol. The van der Waals surface area contributed by atoms with Crippen LogP contribution in [0.25, 0.3) is 10.8 Å². The van der Waals surface area contributed by atoms with Crippen molar-refractivity contribution < 1.29 is 17.9 Å². The summed E-state index contributed by atoms with van der Waals surface area (Å²) in [6.07, 6.45) is 0.661. The highest BCUT2D eigenvalue weighted by atomic mass is 32.2. The van der Waals surface area contributed by atoms with Crippen LogP contribution >= 0.6 is 0 Å². The Bertz CT molecular complexity index is 1420. The zero-order chi connectivity index (χ0) is 25.4. The minimum Gasteiger partial charge on any atom is -0.466 e. The third-order valence-corrected chi connectivity index (χ3v) is 8.39. The first kappa shape index (κ1) is 24.7. The van der Waals surface area contributed by atoms with Crippen molar-refractivity contribution in [1.82, 2.24) is 4.41 Å². The highest BCUT2D eigenvalue weighted by Crippen LogP contribution is 2.42. The monoisotopic (exact) mass is 490 g/mol. The fourth-order valence-corrected chi connectivity index (χ4v) is 6.15. The summed E-state index contributed by atoms with van der Waals surface area (Å²) in [6.45, 7) is 9.72. The summed E-state index contributed by atoms with van der Waals surface area (Å²) in [5.41, 5.74) is 2.20. The average Bonchev–Trinajstić information content (AvgIpc) is 3.12. The van der Waals surface area contributed by atoms with Crippen LogP contribution < -0.4 is 0 Å². The predicted molar refractivity (Wildman–Crippen MR) is 139 cm³/mol. The van der Waals surface area contributed by atoms with Crippen LogP contribution in [0.15, 0.2) is 88.9 Å². The van der Waals surface area contributed by atoms with E-state index in [-0.39, 0.29) is 4.90 Å². The van der Waals surface area contributed by atoms with Gasteiger partial charge in [-0.15, -0.1) is 0 Å². The number of nitrogens with zero attached hydrogens (tertiary/aromatic N) is 2. The molecule has 4 rings (SSSR count). The number of sulfonamides is 1. The number of rotatable bonds is 7. The fraction of sp³-hybridized carbons (Fsp3) is 0.286. The molecule has 0 radical (unpaired) electrons. The Morgan fingerprint density at radius 3 is 2.37 bits per heavy atom. The van der Waals surface area contributed by atoms with Crippen LogP contribution in [0.5, 0.6) is 0 Å². The second-order valence-electron chi connectivity index (χ2n) is 9.47. The van der Waals surface area contributed by atoms with Gasteiger partial charge in [0.25, 0.3) is 10.0 Å².